The van der Waals surface area contributed by atoms with Crippen LogP contribution >= 0.6 is 0 Å². The van der Waals surface area contributed by atoms with Crippen molar-refractivity contribution in [1.82, 2.24) is 15.1 Å². The molecule has 0 bridgehead atoms. The quantitative estimate of drug-likeness (QED) is 0.797. The predicted octanol–water partition coefficient (Wildman–Crippen LogP) is 1.74. The first-order valence-electron chi connectivity index (χ1n) is 5.88. The first-order chi connectivity index (χ1) is 7.15. The molecule has 1 fully saturated rings. The highest BCUT2D eigenvalue weighted by atomic mass is 15.2. The lowest BCUT2D eigenvalue weighted by atomic mass is 9.96. The number of hydrogen-bond donors (Lipinski definition) is 1. The lowest BCUT2D eigenvalue weighted by Crippen LogP contribution is -2.34. The predicted molar refractivity (Wildman–Crippen MR) is 61.7 cm³/mol. The summed E-state index contributed by atoms with van der Waals surface area (Å²) in [5, 5.41) is 7.85. The molecule has 0 aliphatic heterocycles. The Balaban J connectivity index is 1.82. The maximum atomic E-state index is 4.20. The molecule has 84 valence electrons. The lowest BCUT2D eigenvalue weighted by molar-refractivity contribution is 0.396. The first kappa shape index (κ1) is 10.7. The van der Waals surface area contributed by atoms with Crippen LogP contribution in [0.15, 0.2) is 12.4 Å². The van der Waals surface area contributed by atoms with Crippen LogP contribution < -0.4 is 5.32 Å². The number of hydrogen-bond acceptors (Lipinski definition) is 2. The van der Waals surface area contributed by atoms with Crippen LogP contribution in [-0.2, 0) is 13.5 Å². The van der Waals surface area contributed by atoms with Crippen molar-refractivity contribution in [2.24, 2.45) is 13.0 Å². The van der Waals surface area contributed by atoms with Gasteiger partial charge in [-0.3, -0.25) is 4.68 Å². The van der Waals surface area contributed by atoms with Crippen LogP contribution in [0.5, 0.6) is 0 Å². The van der Waals surface area contributed by atoms with Crippen LogP contribution in [-0.4, -0.2) is 21.9 Å². The van der Waals surface area contributed by atoms with Gasteiger partial charge in [0.25, 0.3) is 0 Å². The van der Waals surface area contributed by atoms with Crippen molar-refractivity contribution >= 4 is 0 Å². The van der Waals surface area contributed by atoms with Crippen LogP contribution in [0, 0.1) is 5.92 Å². The molecular weight excluding hydrogens is 186 g/mol. The van der Waals surface area contributed by atoms with E-state index in [-0.39, 0.29) is 0 Å². The molecular formula is C12H21N3. The molecule has 3 nitrogen and oxygen atoms in total. The van der Waals surface area contributed by atoms with Gasteiger partial charge in [0.05, 0.1) is 6.20 Å². The fourth-order valence-corrected chi connectivity index (χ4v) is 1.91. The normalized spacial score (nSPS) is 20.2. The van der Waals surface area contributed by atoms with Gasteiger partial charge in [0, 0.05) is 25.3 Å². The Morgan fingerprint density at radius 3 is 2.80 bits per heavy atom. The van der Waals surface area contributed by atoms with E-state index >= 15 is 0 Å². The maximum absolute atomic E-state index is 4.20. The zero-order chi connectivity index (χ0) is 10.8. The Hall–Kier alpha value is -0.830. The Bertz CT molecular complexity index is 314. The summed E-state index contributed by atoms with van der Waals surface area (Å²) >= 11 is 0. The minimum absolute atomic E-state index is 0.609. The summed E-state index contributed by atoms with van der Waals surface area (Å²) in [7, 11) is 1.97. The summed E-state index contributed by atoms with van der Waals surface area (Å²) in [6.07, 6.45) is 7.93. The Morgan fingerprint density at radius 2 is 2.27 bits per heavy atom. The van der Waals surface area contributed by atoms with E-state index in [9.17, 15) is 0 Å². The molecule has 1 aliphatic carbocycles. The second-order valence-corrected chi connectivity index (χ2v) is 4.93. The van der Waals surface area contributed by atoms with E-state index in [1.54, 1.807) is 0 Å². The number of rotatable bonds is 5. The topological polar surface area (TPSA) is 29.9 Å². The molecule has 2 unspecified atom stereocenters. The van der Waals surface area contributed by atoms with Crippen molar-refractivity contribution < 1.29 is 0 Å². The summed E-state index contributed by atoms with van der Waals surface area (Å²) in [6, 6.07) is 1.41. The molecule has 15 heavy (non-hydrogen) atoms. The van der Waals surface area contributed by atoms with Crippen molar-refractivity contribution in [2.45, 2.75) is 45.2 Å². The van der Waals surface area contributed by atoms with Crippen LogP contribution in [0.4, 0.5) is 0 Å². The van der Waals surface area contributed by atoms with Gasteiger partial charge in [-0.15, -0.1) is 0 Å². The molecule has 1 heterocycles. The van der Waals surface area contributed by atoms with Gasteiger partial charge in [-0.1, -0.05) is 6.92 Å². The minimum Gasteiger partial charge on any atom is -0.311 e. The molecule has 2 atom stereocenters. The van der Waals surface area contributed by atoms with E-state index in [0.29, 0.717) is 12.0 Å². The molecule has 1 N–H and O–H groups in total. The van der Waals surface area contributed by atoms with Gasteiger partial charge in [-0.05, 0) is 37.7 Å². The van der Waals surface area contributed by atoms with Gasteiger partial charge >= 0.3 is 0 Å². The smallest absolute Gasteiger partial charge is 0.0521 e. The monoisotopic (exact) mass is 207 g/mol. The molecule has 1 aromatic heterocycles. The van der Waals surface area contributed by atoms with Crippen LogP contribution in [0.3, 0.4) is 0 Å². The SMILES string of the molecule is CC(Cc1cnn(C)c1)C(C)NC1CC1. The summed E-state index contributed by atoms with van der Waals surface area (Å²) in [5.74, 6) is 0.676. The summed E-state index contributed by atoms with van der Waals surface area (Å²) in [6.45, 7) is 4.60. The highest BCUT2D eigenvalue weighted by molar-refractivity contribution is 5.05. The fraction of sp³-hybridized carbons (Fsp3) is 0.750. The third kappa shape index (κ3) is 3.06. The first-order valence-corrected chi connectivity index (χ1v) is 5.88. The van der Waals surface area contributed by atoms with Crippen LogP contribution in [0.25, 0.3) is 0 Å². The lowest BCUT2D eigenvalue weighted by Gasteiger charge is -2.20. The third-order valence-corrected chi connectivity index (χ3v) is 3.25. The van der Waals surface area contributed by atoms with Crippen molar-refractivity contribution in [3.05, 3.63) is 18.0 Å². The van der Waals surface area contributed by atoms with Gasteiger partial charge in [0.2, 0.25) is 0 Å². The van der Waals surface area contributed by atoms with Gasteiger partial charge in [0.15, 0.2) is 0 Å². The van der Waals surface area contributed by atoms with E-state index in [1.807, 2.05) is 17.9 Å². The molecule has 0 radical (unpaired) electrons. The van der Waals surface area contributed by atoms with Crippen molar-refractivity contribution in [3.63, 3.8) is 0 Å². The molecule has 1 aromatic rings. The standard InChI is InChI=1S/C12H21N3/c1-9(10(2)14-12-4-5-12)6-11-7-13-15(3)8-11/h7-10,12,14H,4-6H2,1-3H3. The van der Waals surface area contributed by atoms with Crippen LogP contribution in [0.2, 0.25) is 0 Å². The fourth-order valence-electron chi connectivity index (χ4n) is 1.91. The minimum atomic E-state index is 0.609. The molecule has 1 aliphatic rings. The van der Waals surface area contributed by atoms with E-state index in [4.69, 9.17) is 0 Å². The van der Waals surface area contributed by atoms with E-state index in [2.05, 4.69) is 30.5 Å². The van der Waals surface area contributed by atoms with Crippen molar-refractivity contribution in [3.8, 4) is 0 Å². The molecule has 3 heteroatoms. The van der Waals surface area contributed by atoms with Crippen LogP contribution in [0.1, 0.15) is 32.3 Å². The largest absolute Gasteiger partial charge is 0.311 e. The summed E-state index contributed by atoms with van der Waals surface area (Å²) in [5.41, 5.74) is 1.34. The highest BCUT2D eigenvalue weighted by Crippen LogP contribution is 2.21. The average molecular weight is 207 g/mol. The van der Waals surface area contributed by atoms with E-state index < -0.39 is 0 Å². The van der Waals surface area contributed by atoms with Gasteiger partial charge in [0.1, 0.15) is 0 Å². The molecule has 0 amide bonds. The Labute approximate surface area is 91.9 Å². The Morgan fingerprint density at radius 1 is 1.53 bits per heavy atom. The van der Waals surface area contributed by atoms with Gasteiger partial charge < -0.3 is 5.32 Å². The zero-order valence-electron chi connectivity index (χ0n) is 9.90. The van der Waals surface area contributed by atoms with Crippen molar-refractivity contribution in [1.29, 1.82) is 0 Å². The molecule has 2 rings (SSSR count). The molecule has 0 spiro atoms. The van der Waals surface area contributed by atoms with E-state index in [1.165, 1.54) is 18.4 Å². The molecule has 0 saturated heterocycles. The molecule has 0 aromatic carbocycles. The average Bonchev–Trinajstić information content (AvgIpc) is 2.90. The number of aryl methyl sites for hydroxylation is 1. The Kier molecular flexibility index (Phi) is 3.10. The van der Waals surface area contributed by atoms with E-state index in [0.717, 1.165) is 12.5 Å². The number of aromatic nitrogens is 2. The van der Waals surface area contributed by atoms with Crippen molar-refractivity contribution in [2.75, 3.05) is 0 Å². The maximum Gasteiger partial charge on any atom is 0.0521 e. The highest BCUT2D eigenvalue weighted by Gasteiger charge is 2.25. The summed E-state index contributed by atoms with van der Waals surface area (Å²) in [4.78, 5) is 0. The van der Waals surface area contributed by atoms with Gasteiger partial charge in [-0.25, -0.2) is 0 Å². The molecule has 1 saturated carbocycles. The van der Waals surface area contributed by atoms with Gasteiger partial charge in [-0.2, -0.15) is 5.10 Å². The second kappa shape index (κ2) is 4.35. The number of nitrogens with zero attached hydrogens (tertiary/aromatic N) is 2. The third-order valence-electron chi connectivity index (χ3n) is 3.25. The summed E-state index contributed by atoms with van der Waals surface area (Å²) < 4.78 is 1.88. The zero-order valence-corrected chi connectivity index (χ0v) is 9.90. The second-order valence-electron chi connectivity index (χ2n) is 4.93. The number of nitrogens with one attached hydrogen (secondary N) is 1.